The van der Waals surface area contributed by atoms with E-state index < -0.39 is 0 Å². The van der Waals surface area contributed by atoms with Crippen LogP contribution in [0.15, 0.2) is 60.7 Å². The average molecular weight is 337 g/mol. The molecular formula is C20H20FN3O. The van der Waals surface area contributed by atoms with Gasteiger partial charge in [-0.2, -0.15) is 5.10 Å². The molecule has 1 amide bonds. The number of nitrogens with one attached hydrogen (secondary N) is 1. The van der Waals surface area contributed by atoms with Crippen molar-refractivity contribution in [2.75, 3.05) is 0 Å². The van der Waals surface area contributed by atoms with Gasteiger partial charge in [-0.05, 0) is 37.6 Å². The van der Waals surface area contributed by atoms with E-state index in [0.717, 1.165) is 11.3 Å². The molecule has 4 nitrogen and oxygen atoms in total. The number of aromatic nitrogens is 2. The fraction of sp³-hybridized carbons (Fsp3) is 0.200. The Hall–Kier alpha value is -2.95. The SMILES string of the molecule is CCn1nc(C(=O)N[C@@H](C)c2ccccc2)cc1-c1cccc(F)c1. The van der Waals surface area contributed by atoms with E-state index in [4.69, 9.17) is 0 Å². The summed E-state index contributed by atoms with van der Waals surface area (Å²) < 4.78 is 15.2. The monoisotopic (exact) mass is 337 g/mol. The first-order valence-electron chi connectivity index (χ1n) is 8.28. The minimum atomic E-state index is -0.315. The molecule has 1 aromatic heterocycles. The zero-order valence-electron chi connectivity index (χ0n) is 14.2. The van der Waals surface area contributed by atoms with Crippen LogP contribution in [0.4, 0.5) is 4.39 Å². The zero-order chi connectivity index (χ0) is 17.8. The van der Waals surface area contributed by atoms with Gasteiger partial charge in [0.05, 0.1) is 11.7 Å². The van der Waals surface area contributed by atoms with E-state index in [2.05, 4.69) is 10.4 Å². The lowest BCUT2D eigenvalue weighted by Gasteiger charge is -2.13. The van der Waals surface area contributed by atoms with Crippen LogP contribution in [-0.4, -0.2) is 15.7 Å². The molecule has 0 saturated heterocycles. The Labute approximate surface area is 146 Å². The summed E-state index contributed by atoms with van der Waals surface area (Å²) in [4.78, 5) is 12.5. The first kappa shape index (κ1) is 16.9. The number of carbonyl (C=O) groups is 1. The highest BCUT2D eigenvalue weighted by atomic mass is 19.1. The smallest absolute Gasteiger partial charge is 0.272 e. The highest BCUT2D eigenvalue weighted by Gasteiger charge is 2.17. The number of hydrogen-bond acceptors (Lipinski definition) is 2. The van der Waals surface area contributed by atoms with Gasteiger partial charge in [0.1, 0.15) is 5.82 Å². The Balaban J connectivity index is 1.84. The second-order valence-electron chi connectivity index (χ2n) is 5.85. The third-order valence-electron chi connectivity index (χ3n) is 4.08. The maximum Gasteiger partial charge on any atom is 0.272 e. The van der Waals surface area contributed by atoms with E-state index in [9.17, 15) is 9.18 Å². The number of halogens is 1. The Kier molecular flexibility index (Phi) is 4.93. The Morgan fingerprint density at radius 1 is 1.16 bits per heavy atom. The van der Waals surface area contributed by atoms with Crippen LogP contribution in [0.5, 0.6) is 0 Å². The van der Waals surface area contributed by atoms with Crippen LogP contribution in [0, 0.1) is 5.82 Å². The number of carbonyl (C=O) groups excluding carboxylic acids is 1. The summed E-state index contributed by atoms with van der Waals surface area (Å²) in [5.41, 5.74) is 2.77. The standard InChI is InChI=1S/C20H20FN3O/c1-3-24-19(16-10-7-11-17(21)12-16)13-18(23-24)20(25)22-14(2)15-8-5-4-6-9-15/h4-14H,3H2,1-2H3,(H,22,25)/t14-/m0/s1. The average Bonchev–Trinajstić information content (AvgIpc) is 3.07. The molecule has 1 N–H and O–H groups in total. The van der Waals surface area contributed by atoms with Crippen molar-refractivity contribution in [1.29, 1.82) is 0 Å². The summed E-state index contributed by atoms with van der Waals surface area (Å²) in [7, 11) is 0. The lowest BCUT2D eigenvalue weighted by atomic mass is 10.1. The molecule has 0 bridgehead atoms. The van der Waals surface area contributed by atoms with Crippen molar-refractivity contribution in [3.63, 3.8) is 0 Å². The first-order chi connectivity index (χ1) is 12.1. The van der Waals surface area contributed by atoms with Crippen molar-refractivity contribution < 1.29 is 9.18 Å². The Morgan fingerprint density at radius 2 is 1.92 bits per heavy atom. The normalized spacial score (nSPS) is 12.0. The highest BCUT2D eigenvalue weighted by Crippen LogP contribution is 2.22. The summed E-state index contributed by atoms with van der Waals surface area (Å²) in [6, 6.07) is 17.6. The van der Waals surface area contributed by atoms with E-state index in [0.29, 0.717) is 17.8 Å². The number of aryl methyl sites for hydroxylation is 1. The molecule has 0 fully saturated rings. The third-order valence-corrected chi connectivity index (χ3v) is 4.08. The van der Waals surface area contributed by atoms with Crippen molar-refractivity contribution in [1.82, 2.24) is 15.1 Å². The molecule has 3 rings (SSSR count). The van der Waals surface area contributed by atoms with Crippen LogP contribution < -0.4 is 5.32 Å². The van der Waals surface area contributed by atoms with E-state index in [1.807, 2.05) is 44.2 Å². The minimum absolute atomic E-state index is 0.127. The lowest BCUT2D eigenvalue weighted by molar-refractivity contribution is 0.0934. The Morgan fingerprint density at radius 3 is 2.60 bits per heavy atom. The fourth-order valence-electron chi connectivity index (χ4n) is 2.74. The largest absolute Gasteiger partial charge is 0.344 e. The van der Waals surface area contributed by atoms with Crippen molar-refractivity contribution in [3.8, 4) is 11.3 Å². The summed E-state index contributed by atoms with van der Waals surface area (Å²) in [5.74, 6) is -0.564. The van der Waals surface area contributed by atoms with E-state index in [-0.39, 0.29) is 17.8 Å². The van der Waals surface area contributed by atoms with Gasteiger partial charge in [0.15, 0.2) is 5.69 Å². The Bertz CT molecular complexity index is 874. The quantitative estimate of drug-likeness (QED) is 0.758. The summed E-state index contributed by atoms with van der Waals surface area (Å²) in [6.07, 6.45) is 0. The second-order valence-corrected chi connectivity index (χ2v) is 5.85. The molecule has 1 atom stereocenters. The van der Waals surface area contributed by atoms with Crippen molar-refractivity contribution in [2.24, 2.45) is 0 Å². The molecule has 0 radical (unpaired) electrons. The van der Waals surface area contributed by atoms with Gasteiger partial charge >= 0.3 is 0 Å². The van der Waals surface area contributed by atoms with Crippen LogP contribution >= 0.6 is 0 Å². The molecule has 1 heterocycles. The molecule has 25 heavy (non-hydrogen) atoms. The number of amides is 1. The molecule has 0 aliphatic heterocycles. The molecule has 128 valence electrons. The van der Waals surface area contributed by atoms with Gasteiger partial charge in [-0.1, -0.05) is 42.5 Å². The summed E-state index contributed by atoms with van der Waals surface area (Å²) in [5, 5.41) is 7.31. The van der Waals surface area contributed by atoms with Gasteiger partial charge in [-0.25, -0.2) is 4.39 Å². The van der Waals surface area contributed by atoms with Gasteiger partial charge in [-0.15, -0.1) is 0 Å². The molecule has 2 aromatic carbocycles. The molecule has 0 unspecified atom stereocenters. The topological polar surface area (TPSA) is 46.9 Å². The van der Waals surface area contributed by atoms with Crippen LogP contribution in [0.3, 0.4) is 0 Å². The number of rotatable bonds is 5. The van der Waals surface area contributed by atoms with Gasteiger partial charge in [0.25, 0.3) is 5.91 Å². The summed E-state index contributed by atoms with van der Waals surface area (Å²) >= 11 is 0. The van der Waals surface area contributed by atoms with E-state index in [1.54, 1.807) is 22.9 Å². The third kappa shape index (κ3) is 3.76. The van der Waals surface area contributed by atoms with Gasteiger partial charge < -0.3 is 5.32 Å². The molecule has 5 heteroatoms. The maximum atomic E-state index is 13.5. The predicted molar refractivity (Wildman–Crippen MR) is 95.6 cm³/mol. The number of hydrogen-bond donors (Lipinski definition) is 1. The van der Waals surface area contributed by atoms with Crippen molar-refractivity contribution in [3.05, 3.63) is 77.7 Å². The maximum absolute atomic E-state index is 13.5. The predicted octanol–water partition coefficient (Wildman–Crippen LogP) is 4.20. The fourth-order valence-corrected chi connectivity index (χ4v) is 2.74. The highest BCUT2D eigenvalue weighted by molar-refractivity contribution is 5.93. The van der Waals surface area contributed by atoms with E-state index in [1.165, 1.54) is 12.1 Å². The second kappa shape index (κ2) is 7.30. The summed E-state index contributed by atoms with van der Waals surface area (Å²) in [6.45, 7) is 4.45. The van der Waals surface area contributed by atoms with Crippen LogP contribution in [-0.2, 0) is 6.54 Å². The molecule has 0 aliphatic carbocycles. The van der Waals surface area contributed by atoms with Gasteiger partial charge in [-0.3, -0.25) is 9.48 Å². The van der Waals surface area contributed by atoms with Gasteiger partial charge in [0.2, 0.25) is 0 Å². The molecule has 0 aliphatic rings. The lowest BCUT2D eigenvalue weighted by Crippen LogP contribution is -2.27. The van der Waals surface area contributed by atoms with Crippen LogP contribution in [0.1, 0.15) is 35.9 Å². The van der Waals surface area contributed by atoms with Crippen LogP contribution in [0.2, 0.25) is 0 Å². The van der Waals surface area contributed by atoms with E-state index >= 15 is 0 Å². The van der Waals surface area contributed by atoms with Crippen LogP contribution in [0.25, 0.3) is 11.3 Å². The van der Waals surface area contributed by atoms with Crippen molar-refractivity contribution in [2.45, 2.75) is 26.4 Å². The van der Waals surface area contributed by atoms with Crippen molar-refractivity contribution >= 4 is 5.91 Å². The minimum Gasteiger partial charge on any atom is -0.344 e. The molecule has 3 aromatic rings. The number of nitrogens with zero attached hydrogens (tertiary/aromatic N) is 2. The molecule has 0 spiro atoms. The molecule has 0 saturated carbocycles. The first-order valence-corrected chi connectivity index (χ1v) is 8.28. The zero-order valence-corrected chi connectivity index (χ0v) is 14.2. The number of benzene rings is 2. The molecular weight excluding hydrogens is 317 g/mol. The van der Waals surface area contributed by atoms with Gasteiger partial charge in [0, 0.05) is 12.1 Å².